The Bertz CT molecular complexity index is 995. The Morgan fingerprint density at radius 2 is 1.44 bits per heavy atom. The normalized spacial score (nSPS) is 18.4. The highest BCUT2D eigenvalue weighted by molar-refractivity contribution is 5.91. The summed E-state index contributed by atoms with van der Waals surface area (Å²) in [7, 11) is 0. The van der Waals surface area contributed by atoms with Crippen molar-refractivity contribution >= 4 is 11.9 Å². The van der Waals surface area contributed by atoms with Gasteiger partial charge in [-0.3, -0.25) is 0 Å². The number of benzene rings is 2. The Balaban J connectivity index is 1.44. The van der Waals surface area contributed by atoms with Gasteiger partial charge < -0.3 is 23.7 Å². The van der Waals surface area contributed by atoms with Crippen molar-refractivity contribution in [2.45, 2.75) is 77.3 Å². The van der Waals surface area contributed by atoms with Crippen LogP contribution < -0.4 is 14.2 Å². The molecule has 0 amide bonds. The highest BCUT2D eigenvalue weighted by Crippen LogP contribution is 2.30. The van der Waals surface area contributed by atoms with Crippen LogP contribution in [0.3, 0.4) is 0 Å². The monoisotopic (exact) mass is 496 g/mol. The third-order valence-electron chi connectivity index (χ3n) is 5.70. The van der Waals surface area contributed by atoms with Gasteiger partial charge in [-0.25, -0.2) is 9.59 Å². The second-order valence-corrected chi connectivity index (χ2v) is 9.18. The minimum Gasteiger partial charge on any atom is -0.494 e. The summed E-state index contributed by atoms with van der Waals surface area (Å²) in [4.78, 5) is 25.0. The average Bonchev–Trinajstić information content (AvgIpc) is 3.19. The SMILES string of the molecule is C=C[C@H]1OC(C)(C)O[C@H]1C(=O)Oc1ccc(OC(=O)c2ccc(OCCCCCCCC)cc2)cc1. The largest absolute Gasteiger partial charge is 0.494 e. The molecule has 0 radical (unpaired) electrons. The van der Waals surface area contributed by atoms with E-state index in [9.17, 15) is 9.59 Å². The topological polar surface area (TPSA) is 80.3 Å². The van der Waals surface area contributed by atoms with E-state index in [1.165, 1.54) is 38.2 Å². The zero-order valence-electron chi connectivity index (χ0n) is 21.4. The summed E-state index contributed by atoms with van der Waals surface area (Å²) in [5.41, 5.74) is 0.411. The molecule has 0 spiro atoms. The van der Waals surface area contributed by atoms with E-state index in [0.717, 1.165) is 12.2 Å². The van der Waals surface area contributed by atoms with Gasteiger partial charge in [0.25, 0.3) is 0 Å². The number of unbranched alkanes of at least 4 members (excludes halogenated alkanes) is 5. The highest BCUT2D eigenvalue weighted by atomic mass is 16.8. The maximum atomic E-state index is 12.5. The van der Waals surface area contributed by atoms with Crippen LogP contribution in [-0.2, 0) is 14.3 Å². The number of carbonyl (C=O) groups excluding carboxylic acids is 2. The van der Waals surface area contributed by atoms with E-state index in [0.29, 0.717) is 23.7 Å². The van der Waals surface area contributed by atoms with Gasteiger partial charge >= 0.3 is 11.9 Å². The van der Waals surface area contributed by atoms with Gasteiger partial charge in [0.1, 0.15) is 23.4 Å². The molecule has 1 aliphatic heterocycles. The molecule has 1 fully saturated rings. The molecule has 0 aromatic heterocycles. The fourth-order valence-corrected chi connectivity index (χ4v) is 3.82. The van der Waals surface area contributed by atoms with Crippen molar-refractivity contribution in [2.75, 3.05) is 6.61 Å². The molecule has 2 aromatic carbocycles. The third-order valence-corrected chi connectivity index (χ3v) is 5.70. The van der Waals surface area contributed by atoms with Gasteiger partial charge in [-0.15, -0.1) is 6.58 Å². The minimum atomic E-state index is -0.909. The highest BCUT2D eigenvalue weighted by Gasteiger charge is 2.44. The molecule has 2 aromatic rings. The summed E-state index contributed by atoms with van der Waals surface area (Å²) < 4.78 is 27.8. The van der Waals surface area contributed by atoms with Crippen LogP contribution >= 0.6 is 0 Å². The number of esters is 2. The number of carbonyl (C=O) groups is 2. The average molecular weight is 497 g/mol. The van der Waals surface area contributed by atoms with Crippen LogP contribution in [0.5, 0.6) is 17.2 Å². The molecule has 3 rings (SSSR count). The van der Waals surface area contributed by atoms with Gasteiger partial charge in [0.15, 0.2) is 11.9 Å². The first kappa shape index (κ1) is 27.4. The molecule has 0 saturated carbocycles. The van der Waals surface area contributed by atoms with E-state index >= 15 is 0 Å². The van der Waals surface area contributed by atoms with Crippen LogP contribution in [0.4, 0.5) is 0 Å². The fraction of sp³-hybridized carbons (Fsp3) is 0.448. The first-order valence-electron chi connectivity index (χ1n) is 12.6. The lowest BCUT2D eigenvalue weighted by Crippen LogP contribution is -2.34. The minimum absolute atomic E-state index is 0.294. The van der Waals surface area contributed by atoms with Gasteiger partial charge in [0.05, 0.1) is 12.2 Å². The standard InChI is InChI=1S/C29H36O7/c1-5-7-8-9-10-11-20-32-22-14-12-21(13-15-22)27(30)33-23-16-18-24(19-17-23)34-28(31)26-25(6-2)35-29(3,4)36-26/h6,12-19,25-26H,2,5,7-11,20H2,1,3-4H3/t25-,26-/m1/s1. The Morgan fingerprint density at radius 1 is 0.861 bits per heavy atom. The van der Waals surface area contributed by atoms with Crippen molar-refractivity contribution in [3.63, 3.8) is 0 Å². The van der Waals surface area contributed by atoms with Crippen molar-refractivity contribution in [2.24, 2.45) is 0 Å². The van der Waals surface area contributed by atoms with Crippen molar-refractivity contribution in [1.29, 1.82) is 0 Å². The zero-order valence-corrected chi connectivity index (χ0v) is 21.4. The molecule has 0 unspecified atom stereocenters. The van der Waals surface area contributed by atoms with Crippen LogP contribution in [0.1, 0.15) is 69.7 Å². The van der Waals surface area contributed by atoms with Crippen LogP contribution in [0.25, 0.3) is 0 Å². The molecule has 7 nitrogen and oxygen atoms in total. The van der Waals surface area contributed by atoms with Gasteiger partial charge in [0, 0.05) is 0 Å². The third kappa shape index (κ3) is 8.21. The maximum Gasteiger partial charge on any atom is 0.343 e. The van der Waals surface area contributed by atoms with Crippen LogP contribution in [0.15, 0.2) is 61.2 Å². The predicted octanol–water partition coefficient (Wildman–Crippen LogP) is 6.26. The molecule has 2 atom stereocenters. The van der Waals surface area contributed by atoms with Crippen LogP contribution in [-0.4, -0.2) is 36.5 Å². The Morgan fingerprint density at radius 3 is 2.08 bits per heavy atom. The van der Waals surface area contributed by atoms with E-state index in [2.05, 4.69) is 13.5 Å². The molecule has 0 bridgehead atoms. The van der Waals surface area contributed by atoms with Crippen molar-refractivity contribution in [1.82, 2.24) is 0 Å². The summed E-state index contributed by atoms with van der Waals surface area (Å²) >= 11 is 0. The van der Waals surface area contributed by atoms with E-state index in [-0.39, 0.29) is 0 Å². The number of hydrogen-bond acceptors (Lipinski definition) is 7. The first-order valence-corrected chi connectivity index (χ1v) is 12.6. The van der Waals surface area contributed by atoms with E-state index in [4.69, 9.17) is 23.7 Å². The summed E-state index contributed by atoms with van der Waals surface area (Å²) in [6.07, 6.45) is 7.24. The van der Waals surface area contributed by atoms with Crippen LogP contribution in [0, 0.1) is 0 Å². The van der Waals surface area contributed by atoms with Gasteiger partial charge in [-0.2, -0.15) is 0 Å². The number of hydrogen-bond donors (Lipinski definition) is 0. The number of ether oxygens (including phenoxy) is 5. The smallest absolute Gasteiger partial charge is 0.343 e. The Labute approximate surface area is 213 Å². The van der Waals surface area contributed by atoms with Crippen molar-refractivity contribution in [3.05, 3.63) is 66.7 Å². The molecule has 36 heavy (non-hydrogen) atoms. The second-order valence-electron chi connectivity index (χ2n) is 9.18. The van der Waals surface area contributed by atoms with Gasteiger partial charge in [-0.05, 0) is 68.8 Å². The lowest BCUT2D eigenvalue weighted by molar-refractivity contribution is -0.163. The molecule has 1 aliphatic rings. The molecular weight excluding hydrogens is 460 g/mol. The fourth-order valence-electron chi connectivity index (χ4n) is 3.82. The molecule has 0 aliphatic carbocycles. The van der Waals surface area contributed by atoms with Crippen molar-refractivity contribution < 1.29 is 33.3 Å². The van der Waals surface area contributed by atoms with E-state index in [1.807, 2.05) is 0 Å². The van der Waals surface area contributed by atoms with E-state index < -0.39 is 29.9 Å². The van der Waals surface area contributed by atoms with Gasteiger partial charge in [-0.1, -0.05) is 45.1 Å². The van der Waals surface area contributed by atoms with Crippen molar-refractivity contribution in [3.8, 4) is 17.2 Å². The lowest BCUT2D eigenvalue weighted by atomic mass is 10.1. The summed E-state index contributed by atoms with van der Waals surface area (Å²) in [6.45, 7) is 9.99. The Kier molecular flexibility index (Phi) is 10.1. The Hall–Kier alpha value is -3.16. The molecular formula is C29H36O7. The molecule has 7 heteroatoms. The first-order chi connectivity index (χ1) is 17.3. The molecule has 1 saturated heterocycles. The van der Waals surface area contributed by atoms with E-state index in [1.54, 1.807) is 62.4 Å². The molecule has 0 N–H and O–H groups in total. The zero-order chi connectivity index (χ0) is 26.0. The summed E-state index contributed by atoms with van der Waals surface area (Å²) in [5, 5.41) is 0. The quantitative estimate of drug-likeness (QED) is 0.140. The van der Waals surface area contributed by atoms with Crippen LogP contribution in [0.2, 0.25) is 0 Å². The second kappa shape index (κ2) is 13.2. The number of rotatable bonds is 13. The maximum absolute atomic E-state index is 12.5. The summed E-state index contributed by atoms with van der Waals surface area (Å²) in [6, 6.07) is 13.1. The molecule has 1 heterocycles. The van der Waals surface area contributed by atoms with Gasteiger partial charge in [0.2, 0.25) is 0 Å². The predicted molar refractivity (Wildman–Crippen MR) is 136 cm³/mol. The lowest BCUT2D eigenvalue weighted by Gasteiger charge is -2.16. The molecule has 194 valence electrons. The summed E-state index contributed by atoms with van der Waals surface area (Å²) in [5.74, 6) is -0.635.